The van der Waals surface area contributed by atoms with Crippen LogP contribution in [-0.4, -0.2) is 41.1 Å². The fraction of sp³-hybridized carbons (Fsp3) is 0.259. The summed E-state index contributed by atoms with van der Waals surface area (Å²) >= 11 is 12.5. The molecule has 4 atom stereocenters. The van der Waals surface area contributed by atoms with Gasteiger partial charge in [-0.1, -0.05) is 42.5 Å². The molecular weight excluding hydrogens is 503 g/mol. The van der Waals surface area contributed by atoms with Crippen molar-refractivity contribution in [2.24, 2.45) is 11.8 Å². The Balaban J connectivity index is 1.25. The molecule has 9 heteroatoms. The number of halogens is 2. The van der Waals surface area contributed by atoms with Crippen molar-refractivity contribution in [1.29, 1.82) is 0 Å². The predicted octanol–water partition coefficient (Wildman–Crippen LogP) is 4.75. The highest BCUT2D eigenvalue weighted by molar-refractivity contribution is 6.31. The minimum Gasteiger partial charge on any atom is -0.452 e. The highest BCUT2D eigenvalue weighted by Gasteiger charge is 2.52. The summed E-state index contributed by atoms with van der Waals surface area (Å²) in [5.41, 5.74) is 1.000. The molecule has 3 aromatic carbocycles. The van der Waals surface area contributed by atoms with E-state index in [2.05, 4.69) is 5.32 Å². The van der Waals surface area contributed by atoms with E-state index < -0.39 is 30.3 Å². The number of carbonyl (C=O) groups is 4. The molecule has 5 rings (SSSR count). The molecule has 184 valence electrons. The zero-order chi connectivity index (χ0) is 25.4. The second-order valence-electron chi connectivity index (χ2n) is 8.93. The van der Waals surface area contributed by atoms with Crippen LogP contribution in [0.15, 0.2) is 66.7 Å². The number of amides is 3. The summed E-state index contributed by atoms with van der Waals surface area (Å²) in [5, 5.41) is 3.83. The first-order valence-electron chi connectivity index (χ1n) is 11.5. The van der Waals surface area contributed by atoms with Crippen molar-refractivity contribution in [2.75, 3.05) is 16.8 Å². The van der Waals surface area contributed by atoms with Crippen LogP contribution in [-0.2, 0) is 19.1 Å². The highest BCUT2D eigenvalue weighted by atomic mass is 35.5. The SMILES string of the molecule is O=C(COC(=O)c1cccc(N2C(=O)[C@H]3C[C@H](Cl)[C@@H](Cl)C[C@H]3C2=O)c1)Nc1cccc2ccccc12. The first-order valence-corrected chi connectivity index (χ1v) is 12.4. The normalized spacial score (nSPS) is 23.4. The van der Waals surface area contributed by atoms with Gasteiger partial charge in [0.05, 0.1) is 33.8 Å². The molecule has 0 spiro atoms. The number of hydrogen-bond donors (Lipinski definition) is 1. The van der Waals surface area contributed by atoms with E-state index in [4.69, 9.17) is 27.9 Å². The second kappa shape index (κ2) is 9.91. The number of imide groups is 1. The van der Waals surface area contributed by atoms with Crippen LogP contribution in [0.1, 0.15) is 23.2 Å². The molecule has 3 amide bonds. The first kappa shape index (κ1) is 24.3. The monoisotopic (exact) mass is 524 g/mol. The van der Waals surface area contributed by atoms with Crippen molar-refractivity contribution in [2.45, 2.75) is 23.6 Å². The molecule has 0 radical (unpaired) electrons. The molecule has 0 aromatic heterocycles. The van der Waals surface area contributed by atoms with Gasteiger partial charge in [0.15, 0.2) is 6.61 Å². The maximum Gasteiger partial charge on any atom is 0.338 e. The van der Waals surface area contributed by atoms with E-state index in [1.54, 1.807) is 18.2 Å². The molecule has 0 bridgehead atoms. The Morgan fingerprint density at radius 3 is 2.25 bits per heavy atom. The molecule has 1 saturated heterocycles. The van der Waals surface area contributed by atoms with E-state index in [-0.39, 0.29) is 33.8 Å². The third kappa shape index (κ3) is 4.56. The molecule has 2 fully saturated rings. The average molecular weight is 525 g/mol. The van der Waals surface area contributed by atoms with E-state index in [0.29, 0.717) is 18.5 Å². The van der Waals surface area contributed by atoms with Gasteiger partial charge in [0.1, 0.15) is 0 Å². The smallest absolute Gasteiger partial charge is 0.338 e. The molecule has 1 saturated carbocycles. The molecule has 1 aliphatic heterocycles. The first-order chi connectivity index (χ1) is 17.3. The Labute approximate surface area is 217 Å². The van der Waals surface area contributed by atoms with Crippen LogP contribution in [0.5, 0.6) is 0 Å². The van der Waals surface area contributed by atoms with E-state index >= 15 is 0 Å². The Hall–Kier alpha value is -3.42. The van der Waals surface area contributed by atoms with Crippen LogP contribution in [0, 0.1) is 11.8 Å². The summed E-state index contributed by atoms with van der Waals surface area (Å²) in [6.07, 6.45) is 0.657. The van der Waals surface area contributed by atoms with Gasteiger partial charge in [0.25, 0.3) is 5.91 Å². The Bertz CT molecular complexity index is 1340. The Morgan fingerprint density at radius 1 is 0.889 bits per heavy atom. The van der Waals surface area contributed by atoms with Gasteiger partial charge in [-0.15, -0.1) is 23.2 Å². The number of ether oxygens (including phenoxy) is 1. The summed E-state index contributed by atoms with van der Waals surface area (Å²) in [4.78, 5) is 52.2. The van der Waals surface area contributed by atoms with Crippen LogP contribution in [0.4, 0.5) is 11.4 Å². The third-order valence-electron chi connectivity index (χ3n) is 6.65. The number of hydrogen-bond acceptors (Lipinski definition) is 5. The van der Waals surface area contributed by atoms with Gasteiger partial charge in [0, 0.05) is 11.1 Å². The topological polar surface area (TPSA) is 92.8 Å². The van der Waals surface area contributed by atoms with Crippen LogP contribution < -0.4 is 10.2 Å². The number of alkyl halides is 2. The zero-order valence-electron chi connectivity index (χ0n) is 19.0. The summed E-state index contributed by atoms with van der Waals surface area (Å²) in [6.45, 7) is -0.494. The number of benzene rings is 3. The average Bonchev–Trinajstić information content (AvgIpc) is 3.12. The quantitative estimate of drug-likeness (QED) is 0.295. The second-order valence-corrected chi connectivity index (χ2v) is 10.1. The van der Waals surface area contributed by atoms with Gasteiger partial charge < -0.3 is 10.1 Å². The minimum absolute atomic E-state index is 0.117. The minimum atomic E-state index is -0.747. The molecule has 7 nitrogen and oxygen atoms in total. The van der Waals surface area contributed by atoms with Gasteiger partial charge >= 0.3 is 5.97 Å². The lowest BCUT2D eigenvalue weighted by molar-refractivity contribution is -0.122. The van der Waals surface area contributed by atoms with Crippen LogP contribution >= 0.6 is 23.2 Å². The van der Waals surface area contributed by atoms with Crippen molar-refractivity contribution in [3.63, 3.8) is 0 Å². The predicted molar refractivity (Wildman–Crippen MR) is 137 cm³/mol. The van der Waals surface area contributed by atoms with Gasteiger partial charge in [-0.2, -0.15) is 0 Å². The van der Waals surface area contributed by atoms with Crippen molar-refractivity contribution in [1.82, 2.24) is 0 Å². The van der Waals surface area contributed by atoms with Crippen molar-refractivity contribution < 1.29 is 23.9 Å². The number of esters is 1. The summed E-state index contributed by atoms with van der Waals surface area (Å²) in [6, 6.07) is 19.2. The number of anilines is 2. The van der Waals surface area contributed by atoms with Crippen LogP contribution in [0.25, 0.3) is 10.8 Å². The van der Waals surface area contributed by atoms with Gasteiger partial charge in [0.2, 0.25) is 11.8 Å². The Morgan fingerprint density at radius 2 is 1.53 bits per heavy atom. The number of rotatable bonds is 5. The third-order valence-corrected chi connectivity index (χ3v) is 7.74. The van der Waals surface area contributed by atoms with Gasteiger partial charge in [-0.3, -0.25) is 19.3 Å². The molecular formula is C27H22Cl2N2O5. The highest BCUT2D eigenvalue weighted by Crippen LogP contribution is 2.43. The van der Waals surface area contributed by atoms with Crippen molar-refractivity contribution in [3.05, 3.63) is 72.3 Å². The standard InChI is InChI=1S/C27H22Cl2N2O5/c28-21-12-19-20(13-22(21)29)26(34)31(25(19)33)17-8-3-7-16(11-17)27(35)36-14-24(32)30-23-10-4-6-15-5-1-2-9-18(15)23/h1-11,19-22H,12-14H2,(H,30,32)/t19-,20+,21-,22-/m0/s1. The van der Waals surface area contributed by atoms with Crippen LogP contribution in [0.3, 0.4) is 0 Å². The van der Waals surface area contributed by atoms with E-state index in [1.165, 1.54) is 12.1 Å². The van der Waals surface area contributed by atoms with Gasteiger partial charge in [-0.05, 0) is 42.5 Å². The van der Waals surface area contributed by atoms with Crippen molar-refractivity contribution >= 4 is 69.0 Å². The van der Waals surface area contributed by atoms with Crippen LogP contribution in [0.2, 0.25) is 0 Å². The molecule has 1 aliphatic carbocycles. The maximum absolute atomic E-state index is 13.0. The molecule has 2 aliphatic rings. The zero-order valence-corrected chi connectivity index (χ0v) is 20.5. The fourth-order valence-corrected chi connectivity index (χ4v) is 5.45. The van der Waals surface area contributed by atoms with Gasteiger partial charge in [-0.25, -0.2) is 4.79 Å². The van der Waals surface area contributed by atoms with Crippen molar-refractivity contribution in [3.8, 4) is 0 Å². The van der Waals surface area contributed by atoms with E-state index in [0.717, 1.165) is 15.7 Å². The Kier molecular flexibility index (Phi) is 6.69. The number of carbonyl (C=O) groups excluding carboxylic acids is 4. The largest absolute Gasteiger partial charge is 0.452 e. The summed E-state index contributed by atoms with van der Waals surface area (Å²) in [5.74, 6) is -2.98. The summed E-state index contributed by atoms with van der Waals surface area (Å²) < 4.78 is 5.19. The molecule has 36 heavy (non-hydrogen) atoms. The number of nitrogens with one attached hydrogen (secondary N) is 1. The lowest BCUT2D eigenvalue weighted by Gasteiger charge is -2.28. The van der Waals surface area contributed by atoms with E-state index in [1.807, 2.05) is 36.4 Å². The number of fused-ring (bicyclic) bond motifs is 2. The number of nitrogens with zero attached hydrogens (tertiary/aromatic N) is 1. The van der Waals surface area contributed by atoms with E-state index in [9.17, 15) is 19.2 Å². The fourth-order valence-electron chi connectivity index (χ4n) is 4.86. The lowest BCUT2D eigenvalue weighted by Crippen LogP contribution is -2.34. The molecule has 1 heterocycles. The maximum atomic E-state index is 13.0. The molecule has 1 N–H and O–H groups in total. The summed E-state index contributed by atoms with van der Waals surface area (Å²) in [7, 11) is 0. The molecule has 0 unspecified atom stereocenters. The lowest BCUT2D eigenvalue weighted by atomic mass is 9.80. The molecule has 3 aromatic rings.